The Morgan fingerprint density at radius 3 is 2.21 bits per heavy atom. The van der Waals surface area contributed by atoms with Crippen LogP contribution in [0.5, 0.6) is 0 Å². The highest BCUT2D eigenvalue weighted by molar-refractivity contribution is 6.11. The van der Waals surface area contributed by atoms with E-state index in [2.05, 4.69) is 15.5 Å². The van der Waals surface area contributed by atoms with Crippen molar-refractivity contribution in [3.8, 4) is 0 Å². The van der Waals surface area contributed by atoms with Crippen LogP contribution in [0.1, 0.15) is 21.6 Å². The number of carboxylic acids is 1. The summed E-state index contributed by atoms with van der Waals surface area (Å²) < 4.78 is 0. The second kappa shape index (κ2) is 7.19. The SMILES string of the molecule is O=C(O)c1ccc(N/N=C(\c2ccccc2)c2ccccn2)cc1. The van der Waals surface area contributed by atoms with Crippen molar-refractivity contribution in [1.82, 2.24) is 4.98 Å². The number of nitrogens with zero attached hydrogens (tertiary/aromatic N) is 2. The van der Waals surface area contributed by atoms with Gasteiger partial charge < -0.3 is 5.11 Å². The maximum absolute atomic E-state index is 10.9. The second-order valence-corrected chi connectivity index (χ2v) is 5.04. The van der Waals surface area contributed by atoms with Crippen LogP contribution in [-0.4, -0.2) is 21.8 Å². The van der Waals surface area contributed by atoms with Gasteiger partial charge in [0.05, 0.1) is 16.9 Å². The number of carboxylic acid groups (broad SMARTS) is 1. The van der Waals surface area contributed by atoms with Gasteiger partial charge in [0.1, 0.15) is 5.71 Å². The lowest BCUT2D eigenvalue weighted by Crippen LogP contribution is -2.08. The summed E-state index contributed by atoms with van der Waals surface area (Å²) >= 11 is 0. The van der Waals surface area contributed by atoms with E-state index in [1.54, 1.807) is 18.3 Å². The number of nitrogens with one attached hydrogen (secondary N) is 1. The van der Waals surface area contributed by atoms with Gasteiger partial charge in [0.15, 0.2) is 0 Å². The normalized spacial score (nSPS) is 11.1. The second-order valence-electron chi connectivity index (χ2n) is 5.04. The van der Waals surface area contributed by atoms with Crippen molar-refractivity contribution < 1.29 is 9.90 Å². The molecule has 0 saturated heterocycles. The van der Waals surface area contributed by atoms with E-state index in [1.165, 1.54) is 12.1 Å². The molecule has 3 aromatic rings. The van der Waals surface area contributed by atoms with E-state index >= 15 is 0 Å². The number of aromatic nitrogens is 1. The monoisotopic (exact) mass is 317 g/mol. The molecular formula is C19H15N3O2. The van der Waals surface area contributed by atoms with Gasteiger partial charge in [0, 0.05) is 11.8 Å². The smallest absolute Gasteiger partial charge is 0.335 e. The van der Waals surface area contributed by atoms with Gasteiger partial charge in [-0.3, -0.25) is 10.4 Å². The molecule has 0 aliphatic heterocycles. The van der Waals surface area contributed by atoms with Crippen LogP contribution in [0.3, 0.4) is 0 Å². The summed E-state index contributed by atoms with van der Waals surface area (Å²) in [6, 6.07) is 21.8. The van der Waals surface area contributed by atoms with Crippen molar-refractivity contribution in [2.45, 2.75) is 0 Å². The van der Waals surface area contributed by atoms with Crippen molar-refractivity contribution in [1.29, 1.82) is 0 Å². The Bertz CT molecular complexity index is 803. The summed E-state index contributed by atoms with van der Waals surface area (Å²) in [6.45, 7) is 0. The zero-order chi connectivity index (χ0) is 16.8. The molecule has 1 aromatic heterocycles. The summed E-state index contributed by atoms with van der Waals surface area (Å²) in [5, 5.41) is 13.4. The Labute approximate surface area is 139 Å². The van der Waals surface area contributed by atoms with Crippen molar-refractivity contribution in [3.63, 3.8) is 0 Å². The number of carbonyl (C=O) groups is 1. The molecule has 0 amide bonds. The fourth-order valence-corrected chi connectivity index (χ4v) is 2.18. The Balaban J connectivity index is 1.91. The number of hydrazone groups is 1. The van der Waals surface area contributed by atoms with Gasteiger partial charge >= 0.3 is 5.97 Å². The van der Waals surface area contributed by atoms with Crippen molar-refractivity contribution in [2.24, 2.45) is 5.10 Å². The molecule has 0 aliphatic carbocycles. The van der Waals surface area contributed by atoms with Crippen LogP contribution in [0.4, 0.5) is 5.69 Å². The Morgan fingerprint density at radius 1 is 0.875 bits per heavy atom. The molecule has 24 heavy (non-hydrogen) atoms. The van der Waals surface area contributed by atoms with Gasteiger partial charge in [0.2, 0.25) is 0 Å². The quantitative estimate of drug-likeness (QED) is 0.556. The molecule has 0 bridgehead atoms. The molecule has 3 rings (SSSR count). The van der Waals surface area contributed by atoms with E-state index in [0.29, 0.717) is 11.4 Å². The van der Waals surface area contributed by atoms with E-state index in [1.807, 2.05) is 48.5 Å². The van der Waals surface area contributed by atoms with Crippen LogP contribution in [-0.2, 0) is 0 Å². The van der Waals surface area contributed by atoms with Gasteiger partial charge in [-0.25, -0.2) is 4.79 Å². The molecule has 0 unspecified atom stereocenters. The van der Waals surface area contributed by atoms with Gasteiger partial charge in [0.25, 0.3) is 0 Å². The standard InChI is InChI=1S/C19H15N3O2/c23-19(24)15-9-11-16(12-10-15)21-22-18(14-6-2-1-3-7-14)17-8-4-5-13-20-17/h1-13,21H,(H,23,24)/b22-18+. The third kappa shape index (κ3) is 3.64. The average molecular weight is 317 g/mol. The third-order valence-corrected chi connectivity index (χ3v) is 3.38. The first-order chi connectivity index (χ1) is 11.7. The maximum atomic E-state index is 10.9. The molecule has 2 N–H and O–H groups in total. The van der Waals surface area contributed by atoms with Gasteiger partial charge in [-0.15, -0.1) is 0 Å². The molecule has 0 aliphatic rings. The van der Waals surface area contributed by atoms with Crippen molar-refractivity contribution >= 4 is 17.4 Å². The van der Waals surface area contributed by atoms with Crippen LogP contribution in [0.15, 0.2) is 84.1 Å². The zero-order valence-electron chi connectivity index (χ0n) is 12.8. The minimum Gasteiger partial charge on any atom is -0.478 e. The summed E-state index contributed by atoms with van der Waals surface area (Å²) in [5.74, 6) is -0.955. The van der Waals surface area contributed by atoms with E-state index in [-0.39, 0.29) is 5.56 Å². The molecule has 118 valence electrons. The molecular weight excluding hydrogens is 302 g/mol. The molecule has 0 saturated carbocycles. The first-order valence-corrected chi connectivity index (χ1v) is 7.38. The summed E-state index contributed by atoms with van der Waals surface area (Å²) in [5.41, 5.74) is 6.29. The third-order valence-electron chi connectivity index (χ3n) is 3.38. The van der Waals surface area contributed by atoms with Crippen molar-refractivity contribution in [3.05, 3.63) is 95.8 Å². The number of benzene rings is 2. The fourth-order valence-electron chi connectivity index (χ4n) is 2.18. The predicted octanol–water partition coefficient (Wildman–Crippen LogP) is 3.64. The van der Waals surface area contributed by atoms with Gasteiger partial charge in [-0.05, 0) is 36.4 Å². The first kappa shape index (κ1) is 15.4. The maximum Gasteiger partial charge on any atom is 0.335 e. The number of aromatic carboxylic acids is 1. The topological polar surface area (TPSA) is 74.6 Å². The fraction of sp³-hybridized carbons (Fsp3) is 0. The van der Waals surface area contributed by atoms with Crippen molar-refractivity contribution in [2.75, 3.05) is 5.43 Å². The number of hydrogen-bond donors (Lipinski definition) is 2. The van der Waals surface area contributed by atoms with Crippen LogP contribution >= 0.6 is 0 Å². The molecule has 0 atom stereocenters. The Kier molecular flexibility index (Phi) is 4.62. The van der Waals surface area contributed by atoms with E-state index in [9.17, 15) is 4.79 Å². The molecule has 5 heteroatoms. The molecule has 2 aromatic carbocycles. The minimum atomic E-state index is -0.955. The van der Waals surface area contributed by atoms with Crippen LogP contribution in [0.25, 0.3) is 0 Å². The van der Waals surface area contributed by atoms with E-state index in [4.69, 9.17) is 5.11 Å². The molecule has 0 fully saturated rings. The van der Waals surface area contributed by atoms with Gasteiger partial charge in [-0.2, -0.15) is 5.10 Å². The van der Waals surface area contributed by atoms with Crippen LogP contribution < -0.4 is 5.43 Å². The Morgan fingerprint density at radius 2 is 1.58 bits per heavy atom. The average Bonchev–Trinajstić information content (AvgIpc) is 2.64. The molecule has 1 heterocycles. The summed E-state index contributed by atoms with van der Waals surface area (Å²) in [7, 11) is 0. The lowest BCUT2D eigenvalue weighted by molar-refractivity contribution is 0.0697. The highest BCUT2D eigenvalue weighted by Gasteiger charge is 2.08. The highest BCUT2D eigenvalue weighted by atomic mass is 16.4. The molecule has 0 spiro atoms. The van der Waals surface area contributed by atoms with Crippen LogP contribution in [0, 0.1) is 0 Å². The lowest BCUT2D eigenvalue weighted by Gasteiger charge is -2.08. The number of anilines is 1. The van der Waals surface area contributed by atoms with E-state index < -0.39 is 5.97 Å². The molecule has 0 radical (unpaired) electrons. The summed E-state index contributed by atoms with van der Waals surface area (Å²) in [4.78, 5) is 15.2. The predicted molar refractivity (Wildman–Crippen MR) is 93.3 cm³/mol. The number of rotatable bonds is 5. The van der Waals surface area contributed by atoms with E-state index in [0.717, 1.165) is 11.3 Å². The lowest BCUT2D eigenvalue weighted by atomic mass is 10.1. The van der Waals surface area contributed by atoms with Gasteiger partial charge in [-0.1, -0.05) is 36.4 Å². The molecule has 5 nitrogen and oxygen atoms in total. The minimum absolute atomic E-state index is 0.234. The first-order valence-electron chi connectivity index (χ1n) is 7.38. The Hall–Kier alpha value is -3.47. The highest BCUT2D eigenvalue weighted by Crippen LogP contribution is 2.12. The zero-order valence-corrected chi connectivity index (χ0v) is 12.8. The number of hydrogen-bond acceptors (Lipinski definition) is 4. The summed E-state index contributed by atoms with van der Waals surface area (Å²) in [6.07, 6.45) is 1.72. The number of pyridine rings is 1. The largest absolute Gasteiger partial charge is 0.478 e. The van der Waals surface area contributed by atoms with Crippen LogP contribution in [0.2, 0.25) is 0 Å².